The summed E-state index contributed by atoms with van der Waals surface area (Å²) < 4.78 is 0. The highest BCUT2D eigenvalue weighted by molar-refractivity contribution is 5.68. The van der Waals surface area contributed by atoms with Gasteiger partial charge in [0.25, 0.3) is 0 Å². The first-order valence-electron chi connectivity index (χ1n) is 13.1. The zero-order valence-corrected chi connectivity index (χ0v) is 21.7. The fourth-order valence-corrected chi connectivity index (χ4v) is 7.84. The number of aliphatic carboxylic acids is 1. The predicted octanol–water partition coefficient (Wildman–Crippen LogP) is 6.44. The third kappa shape index (κ3) is 5.48. The second-order valence-corrected chi connectivity index (χ2v) is 11.9. The lowest BCUT2D eigenvalue weighted by Gasteiger charge is -2.58. The number of aldehydes is 1. The van der Waals surface area contributed by atoms with Crippen molar-refractivity contribution in [3.05, 3.63) is 48.0 Å². The van der Waals surface area contributed by atoms with Gasteiger partial charge in [0.05, 0.1) is 6.54 Å². The van der Waals surface area contributed by atoms with E-state index >= 15 is 0 Å². The first kappa shape index (κ1) is 26.7. The molecule has 4 saturated carbocycles. The van der Waals surface area contributed by atoms with E-state index in [2.05, 4.69) is 44.8 Å². The van der Waals surface area contributed by atoms with Crippen molar-refractivity contribution in [3.8, 4) is 0 Å². The predicted molar refractivity (Wildman–Crippen MR) is 139 cm³/mol. The molecule has 1 aromatic carbocycles. The Morgan fingerprint density at radius 1 is 1.12 bits per heavy atom. The summed E-state index contributed by atoms with van der Waals surface area (Å²) in [4.78, 5) is 21.3. The SMILES string of the molecule is C=C1CC23CCC4C(CCC[C@@]4(C)C=O)C2CC[C@]1(C)C3.CNCC(=O)O.Cc1ccccc1. The van der Waals surface area contributed by atoms with Gasteiger partial charge in [0.2, 0.25) is 0 Å². The summed E-state index contributed by atoms with van der Waals surface area (Å²) in [6.07, 6.45) is 13.1. The van der Waals surface area contributed by atoms with Crippen LogP contribution >= 0.6 is 0 Å². The van der Waals surface area contributed by atoms with E-state index in [0.29, 0.717) is 16.7 Å². The molecular weight excluding hydrogens is 422 g/mol. The van der Waals surface area contributed by atoms with Gasteiger partial charge in [-0.2, -0.15) is 0 Å². The molecule has 0 aliphatic heterocycles. The molecule has 188 valence electrons. The fourth-order valence-electron chi connectivity index (χ4n) is 7.84. The van der Waals surface area contributed by atoms with Crippen LogP contribution in [0.4, 0.5) is 0 Å². The molecule has 0 saturated heterocycles. The van der Waals surface area contributed by atoms with Crippen LogP contribution in [0, 0.1) is 40.9 Å². The Hall–Kier alpha value is -1.94. The van der Waals surface area contributed by atoms with Gasteiger partial charge in [-0.15, -0.1) is 0 Å². The standard InChI is InChI=1S/C20H30O.C7H8.C3H7NO2/c1-14-11-20-10-7-16-15(5-4-8-19(16,3)13-21)17(20)6-9-18(14,2)12-20;1-7-5-3-2-4-6-7;1-4-2-3(5)6/h13,15-17H,1,4-12H2,2-3H3;2-6H,1H3;4H,2H2,1H3,(H,5,6)/t15?,16?,17?,18-,19+,20?;;/m1../s1. The number of carbonyl (C=O) groups excluding carboxylic acids is 1. The minimum atomic E-state index is -0.822. The molecule has 0 heterocycles. The Morgan fingerprint density at radius 2 is 1.79 bits per heavy atom. The third-order valence-electron chi connectivity index (χ3n) is 9.58. The second-order valence-electron chi connectivity index (χ2n) is 11.9. The molecule has 6 atom stereocenters. The van der Waals surface area contributed by atoms with E-state index in [-0.39, 0.29) is 12.0 Å². The number of hydrogen-bond acceptors (Lipinski definition) is 3. The molecule has 4 unspecified atom stereocenters. The van der Waals surface area contributed by atoms with Gasteiger partial charge < -0.3 is 15.2 Å². The van der Waals surface area contributed by atoms with Crippen LogP contribution in [0.2, 0.25) is 0 Å². The van der Waals surface area contributed by atoms with Crippen LogP contribution in [0.5, 0.6) is 0 Å². The fraction of sp³-hybridized carbons (Fsp3) is 0.667. The molecule has 0 aromatic heterocycles. The van der Waals surface area contributed by atoms with E-state index < -0.39 is 5.97 Å². The molecule has 2 N–H and O–H groups in total. The van der Waals surface area contributed by atoms with E-state index in [4.69, 9.17) is 5.11 Å². The van der Waals surface area contributed by atoms with Gasteiger partial charge >= 0.3 is 5.97 Å². The van der Waals surface area contributed by atoms with E-state index in [1.165, 1.54) is 68.8 Å². The smallest absolute Gasteiger partial charge is 0.317 e. The van der Waals surface area contributed by atoms with Crippen LogP contribution in [0.25, 0.3) is 0 Å². The van der Waals surface area contributed by atoms with Gasteiger partial charge in [0.1, 0.15) is 6.29 Å². The monoisotopic (exact) mass is 467 g/mol. The van der Waals surface area contributed by atoms with Crippen molar-refractivity contribution in [2.75, 3.05) is 13.6 Å². The summed E-state index contributed by atoms with van der Waals surface area (Å²) in [7, 11) is 1.59. The number of nitrogens with one attached hydrogen (secondary N) is 1. The van der Waals surface area contributed by atoms with Crippen molar-refractivity contribution in [2.24, 2.45) is 34.0 Å². The average Bonchev–Trinajstić information content (AvgIpc) is 2.98. The number of likely N-dealkylation sites (N-methyl/N-ethyl adjacent to an activating group) is 1. The van der Waals surface area contributed by atoms with Crippen LogP contribution in [0.1, 0.15) is 77.2 Å². The maximum atomic E-state index is 11.7. The summed E-state index contributed by atoms with van der Waals surface area (Å²) >= 11 is 0. The Bertz CT molecular complexity index is 867. The summed E-state index contributed by atoms with van der Waals surface area (Å²) in [5.74, 6) is 1.54. The second kappa shape index (κ2) is 10.8. The van der Waals surface area contributed by atoms with Crippen molar-refractivity contribution in [1.82, 2.24) is 5.32 Å². The Kier molecular flexibility index (Phi) is 8.44. The lowest BCUT2D eigenvalue weighted by molar-refractivity contribution is -0.135. The van der Waals surface area contributed by atoms with Crippen LogP contribution in [-0.2, 0) is 9.59 Å². The first-order valence-corrected chi connectivity index (χ1v) is 13.1. The molecule has 4 nitrogen and oxygen atoms in total. The van der Waals surface area contributed by atoms with Gasteiger partial charge in [-0.3, -0.25) is 4.79 Å². The molecule has 1 aromatic rings. The van der Waals surface area contributed by atoms with Crippen molar-refractivity contribution >= 4 is 12.3 Å². The normalized spacial score (nSPS) is 37.6. The molecule has 0 amide bonds. The molecule has 4 aliphatic carbocycles. The van der Waals surface area contributed by atoms with Crippen molar-refractivity contribution in [2.45, 2.75) is 78.6 Å². The van der Waals surface area contributed by atoms with Crippen molar-refractivity contribution in [3.63, 3.8) is 0 Å². The zero-order valence-electron chi connectivity index (χ0n) is 21.7. The lowest BCUT2D eigenvalue weighted by atomic mass is 9.46. The van der Waals surface area contributed by atoms with E-state index in [0.717, 1.165) is 18.3 Å². The summed E-state index contributed by atoms with van der Waals surface area (Å²) in [6.45, 7) is 11.3. The number of aryl methyl sites for hydroxylation is 1. The largest absolute Gasteiger partial charge is 0.480 e. The minimum Gasteiger partial charge on any atom is -0.480 e. The highest BCUT2D eigenvalue weighted by atomic mass is 16.4. The summed E-state index contributed by atoms with van der Waals surface area (Å²) in [5.41, 5.74) is 3.83. The molecule has 2 bridgehead atoms. The van der Waals surface area contributed by atoms with Gasteiger partial charge in [-0.05, 0) is 93.9 Å². The maximum Gasteiger partial charge on any atom is 0.317 e. The van der Waals surface area contributed by atoms with Crippen molar-refractivity contribution < 1.29 is 14.7 Å². The molecular formula is C30H45NO3. The van der Waals surface area contributed by atoms with Crippen LogP contribution in [0.3, 0.4) is 0 Å². The molecule has 5 rings (SSSR count). The number of carboxylic acids is 1. The topological polar surface area (TPSA) is 66.4 Å². The van der Waals surface area contributed by atoms with E-state index in [1.807, 2.05) is 18.2 Å². The van der Waals surface area contributed by atoms with Gasteiger partial charge in [0, 0.05) is 5.41 Å². The van der Waals surface area contributed by atoms with Gasteiger partial charge in [0.15, 0.2) is 0 Å². The molecule has 1 spiro atoms. The highest BCUT2D eigenvalue weighted by Gasteiger charge is 2.61. The van der Waals surface area contributed by atoms with Crippen LogP contribution in [-0.4, -0.2) is 31.0 Å². The molecule has 34 heavy (non-hydrogen) atoms. The highest BCUT2D eigenvalue weighted by Crippen LogP contribution is 2.70. The number of fused-ring (bicyclic) bond motifs is 3. The number of benzene rings is 1. The van der Waals surface area contributed by atoms with Gasteiger partial charge in [-0.25, -0.2) is 0 Å². The van der Waals surface area contributed by atoms with Crippen LogP contribution in [0.15, 0.2) is 42.5 Å². The summed E-state index contributed by atoms with van der Waals surface area (Å²) in [6, 6.07) is 10.3. The van der Waals surface area contributed by atoms with E-state index in [9.17, 15) is 9.59 Å². The Labute approximate surface area is 206 Å². The summed E-state index contributed by atoms with van der Waals surface area (Å²) in [5, 5.41) is 10.3. The van der Waals surface area contributed by atoms with Gasteiger partial charge in [-0.1, -0.05) is 68.3 Å². The molecule has 4 aliphatic rings. The lowest BCUT2D eigenvalue weighted by Crippen LogP contribution is -2.51. The number of carbonyl (C=O) groups is 2. The average molecular weight is 468 g/mol. The molecule has 4 heteroatoms. The molecule has 0 radical (unpaired) electrons. The van der Waals surface area contributed by atoms with E-state index in [1.54, 1.807) is 7.05 Å². The number of allylic oxidation sites excluding steroid dienone is 1. The zero-order chi connectivity index (χ0) is 25.0. The third-order valence-corrected chi connectivity index (χ3v) is 9.58. The number of hydrogen-bond donors (Lipinski definition) is 2. The Morgan fingerprint density at radius 3 is 2.32 bits per heavy atom. The minimum absolute atomic E-state index is 0.0269. The number of carboxylic acid groups (broad SMARTS) is 1. The molecule has 4 fully saturated rings. The quantitative estimate of drug-likeness (QED) is 0.396. The maximum absolute atomic E-state index is 11.7. The van der Waals surface area contributed by atoms with Crippen molar-refractivity contribution in [1.29, 1.82) is 0 Å². The first-order chi connectivity index (χ1) is 16.1. The Balaban J connectivity index is 0.000000206. The van der Waals surface area contributed by atoms with Crippen LogP contribution < -0.4 is 5.32 Å². The number of rotatable bonds is 3.